The highest BCUT2D eigenvalue weighted by Crippen LogP contribution is 2.30. The van der Waals surface area contributed by atoms with Crippen LogP contribution >= 0.6 is 11.6 Å². The van der Waals surface area contributed by atoms with Crippen LogP contribution < -0.4 is 0 Å². The lowest BCUT2D eigenvalue weighted by molar-refractivity contribution is 0.566. The maximum Gasteiger partial charge on any atom is 0.131 e. The van der Waals surface area contributed by atoms with Crippen LogP contribution in [-0.4, -0.2) is 9.78 Å². The van der Waals surface area contributed by atoms with Gasteiger partial charge in [0.25, 0.3) is 0 Å². The molecule has 1 aromatic heterocycles. The standard InChI is InChI=1S/C15H11ClF2N2/c1-20-8-12-10(3-2-4-15(12)19-20)9-5-13(17)11(7-16)14(18)6-9/h2-6,8H,7H2,1H3. The lowest BCUT2D eigenvalue weighted by Crippen LogP contribution is -1.94. The fourth-order valence-corrected chi connectivity index (χ4v) is 2.55. The Balaban J connectivity index is 2.25. The van der Waals surface area contributed by atoms with Crippen molar-refractivity contribution in [2.45, 2.75) is 5.88 Å². The molecule has 0 spiro atoms. The van der Waals surface area contributed by atoms with Crippen molar-refractivity contribution >= 4 is 22.5 Å². The van der Waals surface area contributed by atoms with Gasteiger partial charge in [-0.15, -0.1) is 11.6 Å². The van der Waals surface area contributed by atoms with Gasteiger partial charge in [0.15, 0.2) is 0 Å². The van der Waals surface area contributed by atoms with Gasteiger partial charge < -0.3 is 0 Å². The van der Waals surface area contributed by atoms with E-state index in [0.717, 1.165) is 16.5 Å². The molecule has 0 atom stereocenters. The van der Waals surface area contributed by atoms with Gasteiger partial charge in [-0.3, -0.25) is 4.68 Å². The molecule has 0 radical (unpaired) electrons. The molecule has 0 aliphatic heterocycles. The summed E-state index contributed by atoms with van der Waals surface area (Å²) < 4.78 is 29.4. The number of nitrogens with zero attached hydrogens (tertiary/aromatic N) is 2. The predicted octanol–water partition coefficient (Wildman–Crippen LogP) is 4.26. The van der Waals surface area contributed by atoms with Crippen LogP contribution in [-0.2, 0) is 12.9 Å². The largest absolute Gasteiger partial charge is 0.275 e. The van der Waals surface area contributed by atoms with E-state index in [1.807, 2.05) is 31.4 Å². The van der Waals surface area contributed by atoms with Gasteiger partial charge in [0.1, 0.15) is 11.6 Å². The van der Waals surface area contributed by atoms with E-state index >= 15 is 0 Å². The second kappa shape index (κ2) is 4.87. The number of hydrogen-bond acceptors (Lipinski definition) is 1. The molecule has 0 bridgehead atoms. The summed E-state index contributed by atoms with van der Waals surface area (Å²) in [4.78, 5) is 0. The zero-order valence-electron chi connectivity index (χ0n) is 10.7. The zero-order valence-corrected chi connectivity index (χ0v) is 11.5. The van der Waals surface area contributed by atoms with E-state index in [4.69, 9.17) is 11.6 Å². The third kappa shape index (κ3) is 2.06. The highest BCUT2D eigenvalue weighted by atomic mass is 35.5. The first-order chi connectivity index (χ1) is 9.60. The first kappa shape index (κ1) is 13.1. The van der Waals surface area contributed by atoms with Gasteiger partial charge in [-0.2, -0.15) is 5.10 Å². The van der Waals surface area contributed by atoms with Gasteiger partial charge in [-0.05, 0) is 29.3 Å². The van der Waals surface area contributed by atoms with E-state index in [-0.39, 0.29) is 11.4 Å². The molecule has 0 saturated carbocycles. The summed E-state index contributed by atoms with van der Waals surface area (Å²) in [6, 6.07) is 8.11. The molecule has 2 nitrogen and oxygen atoms in total. The average Bonchev–Trinajstić information content (AvgIpc) is 2.78. The van der Waals surface area contributed by atoms with Gasteiger partial charge in [0.05, 0.1) is 11.4 Å². The summed E-state index contributed by atoms with van der Waals surface area (Å²) in [6.07, 6.45) is 1.83. The summed E-state index contributed by atoms with van der Waals surface area (Å²) >= 11 is 5.54. The van der Waals surface area contributed by atoms with Crippen LogP contribution in [0.5, 0.6) is 0 Å². The molecular formula is C15H11ClF2N2. The van der Waals surface area contributed by atoms with Crippen LogP contribution in [0.1, 0.15) is 5.56 Å². The van der Waals surface area contributed by atoms with Gasteiger partial charge in [-0.25, -0.2) is 8.78 Å². The van der Waals surface area contributed by atoms with E-state index < -0.39 is 11.6 Å². The van der Waals surface area contributed by atoms with Crippen molar-refractivity contribution in [3.05, 3.63) is 53.7 Å². The van der Waals surface area contributed by atoms with Crippen molar-refractivity contribution in [2.24, 2.45) is 7.05 Å². The van der Waals surface area contributed by atoms with Crippen molar-refractivity contribution in [2.75, 3.05) is 0 Å². The Morgan fingerprint density at radius 3 is 2.55 bits per heavy atom. The van der Waals surface area contributed by atoms with Crippen LogP contribution in [0.2, 0.25) is 0 Å². The molecule has 20 heavy (non-hydrogen) atoms. The lowest BCUT2D eigenvalue weighted by Gasteiger charge is -2.07. The quantitative estimate of drug-likeness (QED) is 0.645. The molecule has 102 valence electrons. The minimum absolute atomic E-state index is 0.103. The number of fused-ring (bicyclic) bond motifs is 1. The first-order valence-electron chi connectivity index (χ1n) is 6.07. The summed E-state index contributed by atoms with van der Waals surface area (Å²) in [7, 11) is 1.81. The van der Waals surface area contributed by atoms with Crippen LogP contribution in [0, 0.1) is 11.6 Å². The Kier molecular flexibility index (Phi) is 3.18. The van der Waals surface area contributed by atoms with Crippen molar-refractivity contribution < 1.29 is 8.78 Å². The summed E-state index contributed by atoms with van der Waals surface area (Å²) in [5.74, 6) is -1.44. The third-order valence-electron chi connectivity index (χ3n) is 3.25. The molecule has 0 saturated heterocycles. The number of aromatic nitrogens is 2. The van der Waals surface area contributed by atoms with Crippen molar-refractivity contribution in [3.63, 3.8) is 0 Å². The van der Waals surface area contributed by atoms with Crippen molar-refractivity contribution in [3.8, 4) is 11.1 Å². The van der Waals surface area contributed by atoms with Gasteiger partial charge in [0.2, 0.25) is 0 Å². The zero-order chi connectivity index (χ0) is 14.3. The number of aryl methyl sites for hydroxylation is 1. The van der Waals surface area contributed by atoms with E-state index in [9.17, 15) is 8.78 Å². The molecule has 5 heteroatoms. The molecule has 3 rings (SSSR count). The van der Waals surface area contributed by atoms with Gasteiger partial charge in [0, 0.05) is 24.2 Å². The summed E-state index contributed by atoms with van der Waals surface area (Å²) in [5, 5.41) is 5.14. The molecule has 0 unspecified atom stereocenters. The summed E-state index contributed by atoms with van der Waals surface area (Å²) in [6.45, 7) is 0. The maximum atomic E-state index is 13.9. The third-order valence-corrected chi connectivity index (χ3v) is 3.52. The Bertz CT molecular complexity index is 773. The second-order valence-corrected chi connectivity index (χ2v) is 4.86. The summed E-state index contributed by atoms with van der Waals surface area (Å²) in [5.41, 5.74) is 1.91. The SMILES string of the molecule is Cn1cc2c(-c3cc(F)c(CCl)c(F)c3)cccc2n1. The maximum absolute atomic E-state index is 13.9. The van der Waals surface area contributed by atoms with E-state index in [2.05, 4.69) is 5.10 Å². The Morgan fingerprint density at radius 2 is 1.90 bits per heavy atom. The average molecular weight is 293 g/mol. The topological polar surface area (TPSA) is 17.8 Å². The normalized spacial score (nSPS) is 11.2. The molecule has 0 amide bonds. The Labute approximate surface area is 119 Å². The molecule has 3 aromatic rings. The Morgan fingerprint density at radius 1 is 1.20 bits per heavy atom. The molecule has 0 fully saturated rings. The molecule has 1 heterocycles. The van der Waals surface area contributed by atoms with Crippen LogP contribution in [0.3, 0.4) is 0 Å². The van der Waals surface area contributed by atoms with Crippen molar-refractivity contribution in [1.29, 1.82) is 0 Å². The molecule has 0 aliphatic rings. The predicted molar refractivity (Wildman–Crippen MR) is 75.6 cm³/mol. The van der Waals surface area contributed by atoms with E-state index in [0.29, 0.717) is 5.56 Å². The molecular weight excluding hydrogens is 282 g/mol. The number of benzene rings is 2. The minimum atomic E-state index is -0.629. The number of hydrogen-bond donors (Lipinski definition) is 0. The van der Waals surface area contributed by atoms with Crippen molar-refractivity contribution in [1.82, 2.24) is 9.78 Å². The molecule has 0 aliphatic carbocycles. The fraction of sp³-hybridized carbons (Fsp3) is 0.133. The lowest BCUT2D eigenvalue weighted by atomic mass is 10.0. The van der Waals surface area contributed by atoms with Crippen LogP contribution in [0.25, 0.3) is 22.0 Å². The van der Waals surface area contributed by atoms with Gasteiger partial charge >= 0.3 is 0 Å². The highest BCUT2D eigenvalue weighted by Gasteiger charge is 2.13. The van der Waals surface area contributed by atoms with Crippen LogP contribution in [0.4, 0.5) is 8.78 Å². The van der Waals surface area contributed by atoms with Gasteiger partial charge in [-0.1, -0.05) is 12.1 Å². The minimum Gasteiger partial charge on any atom is -0.275 e. The molecule has 2 aromatic carbocycles. The monoisotopic (exact) mass is 292 g/mol. The smallest absolute Gasteiger partial charge is 0.131 e. The van der Waals surface area contributed by atoms with Crippen LogP contribution in [0.15, 0.2) is 36.5 Å². The Hall–Kier alpha value is -1.94. The second-order valence-electron chi connectivity index (χ2n) is 4.59. The highest BCUT2D eigenvalue weighted by molar-refractivity contribution is 6.17. The number of halogens is 3. The number of rotatable bonds is 2. The first-order valence-corrected chi connectivity index (χ1v) is 6.60. The number of alkyl halides is 1. The van der Waals surface area contributed by atoms with E-state index in [1.165, 1.54) is 12.1 Å². The molecule has 0 N–H and O–H groups in total. The fourth-order valence-electron chi connectivity index (χ4n) is 2.30. The van der Waals surface area contributed by atoms with E-state index in [1.54, 1.807) is 4.68 Å².